The van der Waals surface area contributed by atoms with Gasteiger partial charge in [-0.3, -0.25) is 9.59 Å². The first-order chi connectivity index (χ1) is 8.63. The molecule has 1 amide bonds. The van der Waals surface area contributed by atoms with Crippen molar-refractivity contribution in [3.63, 3.8) is 0 Å². The number of carbonyl (C=O) groups is 2. The Morgan fingerprint density at radius 3 is 2.72 bits per heavy atom. The third-order valence-electron chi connectivity index (χ3n) is 3.01. The van der Waals surface area contributed by atoms with Gasteiger partial charge in [0.05, 0.1) is 0 Å². The number of rotatable bonds is 4. The van der Waals surface area contributed by atoms with E-state index in [-0.39, 0.29) is 5.91 Å². The normalized spacial score (nSPS) is 10.6. The molecule has 0 bridgehead atoms. The highest BCUT2D eigenvalue weighted by Crippen LogP contribution is 2.20. The van der Waals surface area contributed by atoms with Gasteiger partial charge in [-0.15, -0.1) is 0 Å². The topological polar surface area (TPSA) is 42.3 Å². The average molecular weight is 244 g/mol. The van der Waals surface area contributed by atoms with Gasteiger partial charge >= 0.3 is 0 Å². The molecule has 0 atom stereocenters. The van der Waals surface area contributed by atoms with Crippen molar-refractivity contribution in [3.05, 3.63) is 36.0 Å². The number of aldehydes is 1. The number of aromatic nitrogens is 1. The first-order valence-corrected chi connectivity index (χ1v) is 5.86. The zero-order chi connectivity index (χ0) is 13.1. The minimum absolute atomic E-state index is 0.0837. The van der Waals surface area contributed by atoms with Gasteiger partial charge in [0.1, 0.15) is 0 Å². The van der Waals surface area contributed by atoms with Crippen molar-refractivity contribution in [2.24, 2.45) is 0 Å². The fraction of sp³-hybridized carbons (Fsp3) is 0.286. The molecule has 0 N–H and O–H groups in total. The summed E-state index contributed by atoms with van der Waals surface area (Å²) in [6.07, 6.45) is 3.09. The molecule has 18 heavy (non-hydrogen) atoms. The summed E-state index contributed by atoms with van der Waals surface area (Å²) in [7, 11) is 3.49. The maximum atomic E-state index is 11.6. The summed E-state index contributed by atoms with van der Waals surface area (Å²) in [5.74, 6) is 0.0837. The summed E-state index contributed by atoms with van der Waals surface area (Å²) in [5, 5.41) is 0.935. The van der Waals surface area contributed by atoms with E-state index < -0.39 is 0 Å². The summed E-state index contributed by atoms with van der Waals surface area (Å²) in [6.45, 7) is 0.589. The SMILES string of the molecule is CN(C)C(=O)CCn1cc(C=O)c2ccccc21. The Hall–Kier alpha value is -2.10. The van der Waals surface area contributed by atoms with Gasteiger partial charge in [0.25, 0.3) is 0 Å². The maximum absolute atomic E-state index is 11.6. The van der Waals surface area contributed by atoms with Crippen molar-refractivity contribution in [1.82, 2.24) is 9.47 Å². The predicted octanol–water partition coefficient (Wildman–Crippen LogP) is 1.93. The van der Waals surface area contributed by atoms with Crippen LogP contribution in [0.3, 0.4) is 0 Å². The molecule has 0 unspecified atom stereocenters. The highest BCUT2D eigenvalue weighted by Gasteiger charge is 2.09. The Balaban J connectivity index is 2.28. The number of para-hydroxylation sites is 1. The molecule has 4 heteroatoms. The monoisotopic (exact) mass is 244 g/mol. The lowest BCUT2D eigenvalue weighted by Crippen LogP contribution is -2.22. The van der Waals surface area contributed by atoms with Crippen LogP contribution in [-0.2, 0) is 11.3 Å². The van der Waals surface area contributed by atoms with Gasteiger partial charge in [-0.1, -0.05) is 18.2 Å². The van der Waals surface area contributed by atoms with Crippen molar-refractivity contribution in [2.75, 3.05) is 14.1 Å². The van der Waals surface area contributed by atoms with Gasteiger partial charge in [-0.05, 0) is 6.07 Å². The average Bonchev–Trinajstić information content (AvgIpc) is 2.74. The first kappa shape index (κ1) is 12.4. The number of hydrogen-bond acceptors (Lipinski definition) is 2. The van der Waals surface area contributed by atoms with Crippen LogP contribution in [0.5, 0.6) is 0 Å². The Bertz CT molecular complexity index is 584. The molecule has 2 aromatic rings. The maximum Gasteiger partial charge on any atom is 0.223 e. The van der Waals surface area contributed by atoms with Crippen LogP contribution in [0.2, 0.25) is 0 Å². The van der Waals surface area contributed by atoms with Crippen LogP contribution in [0, 0.1) is 0 Å². The van der Waals surface area contributed by atoms with Crippen molar-refractivity contribution >= 4 is 23.1 Å². The summed E-state index contributed by atoms with van der Waals surface area (Å²) >= 11 is 0. The van der Waals surface area contributed by atoms with Crippen molar-refractivity contribution in [2.45, 2.75) is 13.0 Å². The van der Waals surface area contributed by atoms with Crippen molar-refractivity contribution in [1.29, 1.82) is 0 Å². The zero-order valence-corrected chi connectivity index (χ0v) is 10.6. The van der Waals surface area contributed by atoms with E-state index in [1.54, 1.807) is 25.2 Å². The number of hydrogen-bond donors (Lipinski definition) is 0. The molecule has 0 aliphatic rings. The van der Waals surface area contributed by atoms with E-state index in [9.17, 15) is 9.59 Å². The fourth-order valence-electron chi connectivity index (χ4n) is 1.99. The number of aryl methyl sites for hydroxylation is 1. The molecule has 94 valence electrons. The van der Waals surface area contributed by atoms with Crippen LogP contribution in [0.1, 0.15) is 16.8 Å². The van der Waals surface area contributed by atoms with Crippen LogP contribution in [-0.4, -0.2) is 35.8 Å². The molecule has 4 nitrogen and oxygen atoms in total. The molecule has 0 fully saturated rings. The van der Waals surface area contributed by atoms with E-state index in [0.29, 0.717) is 18.5 Å². The molecular weight excluding hydrogens is 228 g/mol. The summed E-state index contributed by atoms with van der Waals surface area (Å²) in [4.78, 5) is 24.1. The Morgan fingerprint density at radius 2 is 2.06 bits per heavy atom. The van der Waals surface area contributed by atoms with Crippen molar-refractivity contribution < 1.29 is 9.59 Å². The second-order valence-corrected chi connectivity index (χ2v) is 4.45. The number of fused-ring (bicyclic) bond motifs is 1. The van der Waals surface area contributed by atoms with E-state index in [4.69, 9.17) is 0 Å². The predicted molar refractivity (Wildman–Crippen MR) is 70.6 cm³/mol. The van der Waals surface area contributed by atoms with Gasteiger partial charge in [0.15, 0.2) is 6.29 Å². The third-order valence-corrected chi connectivity index (χ3v) is 3.01. The summed E-state index contributed by atoms with van der Waals surface area (Å²) in [6, 6.07) is 7.72. The molecule has 0 saturated carbocycles. The number of amides is 1. The van der Waals surface area contributed by atoms with Gasteiger partial charge in [0, 0.05) is 49.7 Å². The van der Waals surface area contributed by atoms with E-state index in [0.717, 1.165) is 17.2 Å². The molecular formula is C14H16N2O2. The Kier molecular flexibility index (Phi) is 3.46. The molecule has 2 rings (SSSR count). The van der Waals surface area contributed by atoms with Crippen molar-refractivity contribution in [3.8, 4) is 0 Å². The lowest BCUT2D eigenvalue weighted by atomic mass is 10.2. The molecule has 1 heterocycles. The highest BCUT2D eigenvalue weighted by molar-refractivity contribution is 5.97. The molecule has 0 spiro atoms. The van der Waals surface area contributed by atoms with Gasteiger partial charge in [0.2, 0.25) is 5.91 Å². The third kappa shape index (κ3) is 2.27. The standard InChI is InChI=1S/C14H16N2O2/c1-15(2)14(18)7-8-16-9-11(10-17)12-5-3-4-6-13(12)16/h3-6,9-10H,7-8H2,1-2H3. The quantitative estimate of drug-likeness (QED) is 0.771. The zero-order valence-electron chi connectivity index (χ0n) is 10.6. The van der Waals surface area contributed by atoms with E-state index in [1.165, 1.54) is 0 Å². The fourth-order valence-corrected chi connectivity index (χ4v) is 1.99. The van der Waals surface area contributed by atoms with Gasteiger partial charge in [-0.25, -0.2) is 0 Å². The molecule has 1 aromatic carbocycles. The highest BCUT2D eigenvalue weighted by atomic mass is 16.2. The first-order valence-electron chi connectivity index (χ1n) is 5.86. The van der Waals surface area contributed by atoms with Crippen LogP contribution in [0.25, 0.3) is 10.9 Å². The summed E-state index contributed by atoms with van der Waals surface area (Å²) in [5.41, 5.74) is 1.66. The van der Waals surface area contributed by atoms with Crippen LogP contribution < -0.4 is 0 Å². The van der Waals surface area contributed by atoms with Crippen LogP contribution in [0.15, 0.2) is 30.5 Å². The van der Waals surface area contributed by atoms with Crippen LogP contribution in [0.4, 0.5) is 0 Å². The second-order valence-electron chi connectivity index (χ2n) is 4.45. The lowest BCUT2D eigenvalue weighted by Gasteiger charge is -2.10. The molecule has 0 aliphatic carbocycles. The molecule has 0 aliphatic heterocycles. The minimum Gasteiger partial charge on any atom is -0.349 e. The number of nitrogens with zero attached hydrogens (tertiary/aromatic N) is 2. The largest absolute Gasteiger partial charge is 0.349 e. The van der Waals surface area contributed by atoms with Gasteiger partial charge in [-0.2, -0.15) is 0 Å². The van der Waals surface area contributed by atoms with Crippen LogP contribution >= 0.6 is 0 Å². The van der Waals surface area contributed by atoms with E-state index >= 15 is 0 Å². The smallest absolute Gasteiger partial charge is 0.223 e. The Morgan fingerprint density at radius 1 is 1.33 bits per heavy atom. The van der Waals surface area contributed by atoms with Gasteiger partial charge < -0.3 is 9.47 Å². The lowest BCUT2D eigenvalue weighted by molar-refractivity contribution is -0.128. The molecule has 1 aromatic heterocycles. The molecule has 0 radical (unpaired) electrons. The molecule has 0 saturated heterocycles. The second kappa shape index (κ2) is 5.04. The number of benzene rings is 1. The van der Waals surface area contributed by atoms with E-state index in [1.807, 2.05) is 28.8 Å². The number of carbonyl (C=O) groups excluding carboxylic acids is 2. The Labute approximate surface area is 106 Å². The minimum atomic E-state index is 0.0837. The summed E-state index contributed by atoms with van der Waals surface area (Å²) < 4.78 is 1.96. The van der Waals surface area contributed by atoms with E-state index in [2.05, 4.69) is 0 Å².